The van der Waals surface area contributed by atoms with Gasteiger partial charge in [-0.05, 0) is 35.7 Å². The van der Waals surface area contributed by atoms with Gasteiger partial charge in [0.25, 0.3) is 5.91 Å². The molecule has 0 saturated heterocycles. The van der Waals surface area contributed by atoms with E-state index < -0.39 is 23.7 Å². The van der Waals surface area contributed by atoms with E-state index in [0.717, 1.165) is 4.88 Å². The second-order valence-corrected chi connectivity index (χ2v) is 6.77. The number of benzene rings is 1. The fourth-order valence-corrected chi connectivity index (χ4v) is 3.59. The lowest BCUT2D eigenvalue weighted by atomic mass is 10.1. The zero-order valence-corrected chi connectivity index (χ0v) is 14.5. The summed E-state index contributed by atoms with van der Waals surface area (Å²) in [4.78, 5) is 25.0. The monoisotopic (exact) mass is 384 g/mol. The van der Waals surface area contributed by atoms with Crippen LogP contribution in [0.3, 0.4) is 0 Å². The molecule has 0 spiro atoms. The van der Waals surface area contributed by atoms with Gasteiger partial charge in [-0.3, -0.25) is 4.79 Å². The lowest BCUT2D eigenvalue weighted by molar-refractivity contribution is -0.132. The van der Waals surface area contributed by atoms with Gasteiger partial charge in [-0.25, -0.2) is 13.9 Å². The van der Waals surface area contributed by atoms with Gasteiger partial charge in [0.2, 0.25) is 0 Å². The first-order valence-electron chi connectivity index (χ1n) is 7.93. The van der Waals surface area contributed by atoms with Crippen molar-refractivity contribution in [2.75, 3.05) is 10.6 Å². The van der Waals surface area contributed by atoms with Crippen molar-refractivity contribution in [2.24, 2.45) is 0 Å². The third-order valence-corrected chi connectivity index (χ3v) is 4.97. The average molecular weight is 384 g/mol. The number of carbonyl (C=O) groups is 2. The molecule has 136 valence electrons. The molecular formula is C18H13FN4O3S. The molecular weight excluding hydrogens is 371 g/mol. The molecule has 1 atom stereocenters. The summed E-state index contributed by atoms with van der Waals surface area (Å²) in [5.41, 5.74) is 0.411. The summed E-state index contributed by atoms with van der Waals surface area (Å²) in [6.07, 6.45) is 2.90. The van der Waals surface area contributed by atoms with Gasteiger partial charge in [0, 0.05) is 10.6 Å². The smallest absolute Gasteiger partial charge is 0.352 e. The first-order chi connectivity index (χ1) is 13.0. The fraction of sp³-hybridized carbons (Fsp3) is 0.0556. The van der Waals surface area contributed by atoms with Crippen LogP contribution in [0.1, 0.15) is 21.3 Å². The van der Waals surface area contributed by atoms with Crippen LogP contribution in [0.2, 0.25) is 0 Å². The Labute approximate surface area is 156 Å². The van der Waals surface area contributed by atoms with Crippen LogP contribution in [0.5, 0.6) is 0 Å². The predicted octanol–water partition coefficient (Wildman–Crippen LogP) is 3.32. The number of hydrogen-bond acceptors (Lipinski definition) is 5. The Balaban J connectivity index is 1.70. The van der Waals surface area contributed by atoms with Crippen LogP contribution < -0.4 is 10.6 Å². The van der Waals surface area contributed by atoms with E-state index in [4.69, 9.17) is 0 Å². The highest BCUT2D eigenvalue weighted by Gasteiger charge is 2.29. The standard InChI is InChI=1S/C18H13FN4O3S/c19-10-3-1-4-11(7-10)21-17(24)12-9-20-23-14(15-5-2-6-27-15)8-13(18(25)26)22-16(12)23/h1-9,14,22H,(H,21,24)(H,25,26)/t14-/m0/s1. The fourth-order valence-electron chi connectivity index (χ4n) is 2.81. The van der Waals surface area contributed by atoms with Crippen molar-refractivity contribution in [1.82, 2.24) is 9.78 Å². The number of aromatic nitrogens is 2. The Morgan fingerprint density at radius 1 is 1.30 bits per heavy atom. The maximum absolute atomic E-state index is 13.3. The van der Waals surface area contributed by atoms with Gasteiger partial charge in [-0.1, -0.05) is 12.1 Å². The third-order valence-electron chi connectivity index (χ3n) is 4.03. The maximum Gasteiger partial charge on any atom is 0.352 e. The maximum atomic E-state index is 13.3. The van der Waals surface area contributed by atoms with Crippen LogP contribution >= 0.6 is 11.3 Å². The number of rotatable bonds is 4. The molecule has 0 saturated carbocycles. The van der Waals surface area contributed by atoms with E-state index in [0.29, 0.717) is 5.69 Å². The van der Waals surface area contributed by atoms with E-state index >= 15 is 0 Å². The first kappa shape index (κ1) is 17.0. The number of nitrogens with one attached hydrogen (secondary N) is 2. The highest BCUT2D eigenvalue weighted by molar-refractivity contribution is 7.10. The molecule has 3 aromatic rings. The molecule has 1 aromatic carbocycles. The van der Waals surface area contributed by atoms with E-state index in [-0.39, 0.29) is 17.1 Å². The highest BCUT2D eigenvalue weighted by Crippen LogP contribution is 2.34. The molecule has 0 radical (unpaired) electrons. The third kappa shape index (κ3) is 3.20. The number of hydrogen-bond donors (Lipinski definition) is 3. The van der Waals surface area contributed by atoms with Gasteiger partial charge in [-0.2, -0.15) is 5.10 Å². The van der Waals surface area contributed by atoms with Gasteiger partial charge in [0.15, 0.2) is 0 Å². The minimum Gasteiger partial charge on any atom is -0.477 e. The highest BCUT2D eigenvalue weighted by atomic mass is 32.1. The van der Waals surface area contributed by atoms with Crippen LogP contribution in [0, 0.1) is 5.82 Å². The van der Waals surface area contributed by atoms with Crippen LogP contribution in [-0.4, -0.2) is 26.8 Å². The van der Waals surface area contributed by atoms with Crippen molar-refractivity contribution >= 4 is 34.7 Å². The van der Waals surface area contributed by atoms with Crippen molar-refractivity contribution < 1.29 is 19.1 Å². The molecule has 0 aliphatic carbocycles. The van der Waals surface area contributed by atoms with E-state index in [1.807, 2.05) is 17.5 Å². The summed E-state index contributed by atoms with van der Waals surface area (Å²) in [6, 6.07) is 8.79. The summed E-state index contributed by atoms with van der Waals surface area (Å²) in [6.45, 7) is 0. The SMILES string of the molecule is O=C(O)C1=C[C@@H](c2cccs2)n2ncc(C(=O)Nc3cccc(F)c3)c2N1. The van der Waals surface area contributed by atoms with Crippen LogP contribution in [0.4, 0.5) is 15.9 Å². The number of halogens is 1. The van der Waals surface area contributed by atoms with Crippen molar-refractivity contribution in [3.63, 3.8) is 0 Å². The number of amides is 1. The Bertz CT molecular complexity index is 1060. The molecule has 7 nitrogen and oxygen atoms in total. The molecule has 3 heterocycles. The normalized spacial score (nSPS) is 15.4. The van der Waals surface area contributed by atoms with Crippen molar-refractivity contribution in [3.8, 4) is 0 Å². The molecule has 27 heavy (non-hydrogen) atoms. The molecule has 4 rings (SSSR count). The van der Waals surface area contributed by atoms with E-state index in [1.165, 1.54) is 35.7 Å². The number of aliphatic carboxylic acids is 1. The molecule has 2 aromatic heterocycles. The number of fused-ring (bicyclic) bond motifs is 1. The summed E-state index contributed by atoms with van der Waals surface area (Å²) in [7, 11) is 0. The molecule has 0 bridgehead atoms. The van der Waals surface area contributed by atoms with Gasteiger partial charge < -0.3 is 15.7 Å². The molecule has 3 N–H and O–H groups in total. The second-order valence-electron chi connectivity index (χ2n) is 5.79. The number of allylic oxidation sites excluding steroid dienone is 1. The van der Waals surface area contributed by atoms with Crippen LogP contribution in [0.25, 0.3) is 0 Å². The molecule has 1 amide bonds. The molecule has 1 aliphatic rings. The van der Waals surface area contributed by atoms with E-state index in [9.17, 15) is 19.1 Å². The Morgan fingerprint density at radius 2 is 2.15 bits per heavy atom. The zero-order valence-electron chi connectivity index (χ0n) is 13.7. The van der Waals surface area contributed by atoms with Crippen LogP contribution in [-0.2, 0) is 4.79 Å². The average Bonchev–Trinajstić information content (AvgIpc) is 3.30. The summed E-state index contributed by atoms with van der Waals surface area (Å²) < 4.78 is 14.9. The van der Waals surface area contributed by atoms with Gasteiger partial charge >= 0.3 is 5.97 Å². The largest absolute Gasteiger partial charge is 0.477 e. The van der Waals surface area contributed by atoms with Crippen LogP contribution in [0.15, 0.2) is 59.7 Å². The number of carbonyl (C=O) groups excluding carboxylic acids is 1. The predicted molar refractivity (Wildman–Crippen MR) is 98.4 cm³/mol. The molecule has 1 aliphatic heterocycles. The Morgan fingerprint density at radius 3 is 2.85 bits per heavy atom. The van der Waals surface area contributed by atoms with Crippen molar-refractivity contribution in [2.45, 2.75) is 6.04 Å². The summed E-state index contributed by atoms with van der Waals surface area (Å²) in [5.74, 6) is -1.87. The summed E-state index contributed by atoms with van der Waals surface area (Å²) in [5, 5.41) is 20.9. The lowest BCUT2D eigenvalue weighted by Crippen LogP contribution is -2.25. The van der Waals surface area contributed by atoms with E-state index in [2.05, 4.69) is 15.7 Å². The number of carboxylic acids is 1. The van der Waals surface area contributed by atoms with E-state index in [1.54, 1.807) is 16.8 Å². The van der Waals surface area contributed by atoms with Gasteiger partial charge in [-0.15, -0.1) is 11.3 Å². The van der Waals surface area contributed by atoms with Crippen molar-refractivity contribution in [1.29, 1.82) is 0 Å². The number of anilines is 2. The minimum atomic E-state index is -1.14. The number of thiophene rings is 1. The Kier molecular flexibility index (Phi) is 4.21. The number of carboxylic acid groups (broad SMARTS) is 1. The molecule has 0 unspecified atom stereocenters. The molecule has 9 heteroatoms. The summed E-state index contributed by atoms with van der Waals surface area (Å²) >= 11 is 1.46. The molecule has 0 fully saturated rings. The van der Waals surface area contributed by atoms with Gasteiger partial charge in [0.05, 0.1) is 6.20 Å². The quantitative estimate of drug-likeness (QED) is 0.641. The van der Waals surface area contributed by atoms with Gasteiger partial charge in [0.1, 0.15) is 28.9 Å². The lowest BCUT2D eigenvalue weighted by Gasteiger charge is -2.23. The number of nitrogens with zero attached hydrogens (tertiary/aromatic N) is 2. The minimum absolute atomic E-state index is 0.0406. The second kappa shape index (κ2) is 6.69. The topological polar surface area (TPSA) is 96.2 Å². The van der Waals surface area contributed by atoms with Crippen molar-refractivity contribution in [3.05, 3.63) is 76.0 Å². The Hall–Kier alpha value is -3.46. The first-order valence-corrected chi connectivity index (χ1v) is 8.81. The zero-order chi connectivity index (χ0) is 19.0.